The lowest BCUT2D eigenvalue weighted by Gasteiger charge is -2.14. The molecule has 122 valence electrons. The van der Waals surface area contributed by atoms with Crippen molar-refractivity contribution >= 4 is 28.9 Å². The van der Waals surface area contributed by atoms with Gasteiger partial charge in [0, 0.05) is 16.8 Å². The molecule has 6 heteroatoms. The molecule has 4 N–H and O–H groups in total. The predicted octanol–water partition coefficient (Wildman–Crippen LogP) is 4.49. The van der Waals surface area contributed by atoms with E-state index in [1.807, 2.05) is 12.1 Å². The quantitative estimate of drug-likeness (QED) is 0.594. The molecular formula is C18H15ClN2O3. The van der Waals surface area contributed by atoms with Crippen LogP contribution in [-0.4, -0.2) is 11.1 Å². The van der Waals surface area contributed by atoms with Crippen LogP contribution in [0.3, 0.4) is 0 Å². The second-order valence-electron chi connectivity index (χ2n) is 5.20. The van der Waals surface area contributed by atoms with Gasteiger partial charge in [0.15, 0.2) is 0 Å². The molecule has 0 spiro atoms. The summed E-state index contributed by atoms with van der Waals surface area (Å²) in [6.07, 6.45) is 1.56. The molecule has 0 atom stereocenters. The van der Waals surface area contributed by atoms with E-state index in [0.717, 1.165) is 0 Å². The average Bonchev–Trinajstić information content (AvgIpc) is 3.07. The van der Waals surface area contributed by atoms with E-state index in [1.54, 1.807) is 36.6 Å². The SMILES string of the molecule is Nc1ccccc1-c1cc(C(=O)O)c(NCc2ccco2)cc1Cl. The Kier molecular flexibility index (Phi) is 4.44. The fraction of sp³-hybridized carbons (Fsp3) is 0.0556. The van der Waals surface area contributed by atoms with Crippen molar-refractivity contribution in [3.63, 3.8) is 0 Å². The van der Waals surface area contributed by atoms with Gasteiger partial charge in [-0.3, -0.25) is 0 Å². The van der Waals surface area contributed by atoms with Crippen LogP contribution in [0, 0.1) is 0 Å². The van der Waals surface area contributed by atoms with Gasteiger partial charge in [0.1, 0.15) is 5.76 Å². The lowest BCUT2D eigenvalue weighted by Crippen LogP contribution is -2.07. The number of carbonyl (C=O) groups is 1. The van der Waals surface area contributed by atoms with E-state index in [4.69, 9.17) is 21.8 Å². The maximum Gasteiger partial charge on any atom is 0.337 e. The molecule has 0 aliphatic carbocycles. The number of nitrogens with two attached hydrogens (primary N) is 1. The van der Waals surface area contributed by atoms with Gasteiger partial charge in [-0.1, -0.05) is 29.8 Å². The van der Waals surface area contributed by atoms with Crippen molar-refractivity contribution in [2.45, 2.75) is 6.54 Å². The molecular weight excluding hydrogens is 328 g/mol. The summed E-state index contributed by atoms with van der Waals surface area (Å²) in [6.45, 7) is 0.358. The molecule has 0 aliphatic heterocycles. The van der Waals surface area contributed by atoms with Crippen molar-refractivity contribution in [3.05, 3.63) is 71.1 Å². The minimum absolute atomic E-state index is 0.115. The summed E-state index contributed by atoms with van der Waals surface area (Å²) < 4.78 is 5.24. The first-order chi connectivity index (χ1) is 11.6. The van der Waals surface area contributed by atoms with Crippen LogP contribution in [0.25, 0.3) is 11.1 Å². The molecule has 3 rings (SSSR count). The van der Waals surface area contributed by atoms with Crippen LogP contribution in [0.4, 0.5) is 11.4 Å². The van der Waals surface area contributed by atoms with Crippen LogP contribution >= 0.6 is 11.6 Å². The van der Waals surface area contributed by atoms with Crippen LogP contribution in [0.2, 0.25) is 5.02 Å². The van der Waals surface area contributed by atoms with E-state index in [2.05, 4.69) is 5.32 Å². The molecule has 3 aromatic rings. The highest BCUT2D eigenvalue weighted by molar-refractivity contribution is 6.34. The number of nitrogen functional groups attached to an aromatic ring is 1. The zero-order valence-electron chi connectivity index (χ0n) is 12.6. The van der Waals surface area contributed by atoms with Crippen LogP contribution in [0.1, 0.15) is 16.1 Å². The Bertz CT molecular complexity index is 876. The van der Waals surface area contributed by atoms with Gasteiger partial charge in [0.2, 0.25) is 0 Å². The smallest absolute Gasteiger partial charge is 0.337 e. The molecule has 2 aromatic carbocycles. The van der Waals surface area contributed by atoms with Gasteiger partial charge in [-0.05, 0) is 30.3 Å². The summed E-state index contributed by atoms with van der Waals surface area (Å²) >= 11 is 6.36. The zero-order chi connectivity index (χ0) is 17.1. The Labute approximate surface area is 143 Å². The predicted molar refractivity (Wildman–Crippen MR) is 94.3 cm³/mol. The van der Waals surface area contributed by atoms with Crippen LogP contribution in [0.15, 0.2) is 59.2 Å². The van der Waals surface area contributed by atoms with E-state index in [0.29, 0.717) is 39.8 Å². The van der Waals surface area contributed by atoms with Crippen molar-refractivity contribution in [2.75, 3.05) is 11.1 Å². The number of carboxylic acid groups (broad SMARTS) is 1. The number of furan rings is 1. The number of anilines is 2. The van der Waals surface area contributed by atoms with Crippen molar-refractivity contribution in [1.82, 2.24) is 0 Å². The Morgan fingerprint density at radius 1 is 1.17 bits per heavy atom. The van der Waals surface area contributed by atoms with Gasteiger partial charge in [-0.15, -0.1) is 0 Å². The molecule has 5 nitrogen and oxygen atoms in total. The number of rotatable bonds is 5. The van der Waals surface area contributed by atoms with Crippen LogP contribution in [0.5, 0.6) is 0 Å². The van der Waals surface area contributed by atoms with E-state index in [1.165, 1.54) is 6.07 Å². The Balaban J connectivity index is 2.00. The number of benzene rings is 2. The highest BCUT2D eigenvalue weighted by Gasteiger charge is 2.16. The van der Waals surface area contributed by atoms with Crippen molar-refractivity contribution in [2.24, 2.45) is 0 Å². The van der Waals surface area contributed by atoms with Crippen LogP contribution in [-0.2, 0) is 6.54 Å². The van der Waals surface area contributed by atoms with E-state index < -0.39 is 5.97 Å². The number of carboxylic acids is 1. The van der Waals surface area contributed by atoms with Crippen molar-refractivity contribution in [1.29, 1.82) is 0 Å². The molecule has 0 radical (unpaired) electrons. The first-order valence-electron chi connectivity index (χ1n) is 7.24. The molecule has 0 fully saturated rings. The third kappa shape index (κ3) is 3.21. The second kappa shape index (κ2) is 6.68. The van der Waals surface area contributed by atoms with E-state index >= 15 is 0 Å². The number of para-hydroxylation sites is 1. The van der Waals surface area contributed by atoms with Gasteiger partial charge >= 0.3 is 5.97 Å². The Hall–Kier alpha value is -2.92. The average molecular weight is 343 g/mol. The van der Waals surface area contributed by atoms with Crippen molar-refractivity contribution < 1.29 is 14.3 Å². The number of hydrogen-bond acceptors (Lipinski definition) is 4. The summed E-state index contributed by atoms with van der Waals surface area (Å²) in [7, 11) is 0. The maximum absolute atomic E-state index is 11.6. The Morgan fingerprint density at radius 2 is 1.96 bits per heavy atom. The monoisotopic (exact) mass is 342 g/mol. The first kappa shape index (κ1) is 16.0. The van der Waals surface area contributed by atoms with Gasteiger partial charge in [0.25, 0.3) is 0 Å². The summed E-state index contributed by atoms with van der Waals surface area (Å²) in [5.74, 6) is -0.358. The Morgan fingerprint density at radius 3 is 2.62 bits per heavy atom. The third-order valence-corrected chi connectivity index (χ3v) is 3.93. The summed E-state index contributed by atoms with van der Waals surface area (Å²) in [4.78, 5) is 11.6. The molecule has 1 aromatic heterocycles. The lowest BCUT2D eigenvalue weighted by molar-refractivity contribution is 0.0698. The number of aromatic carboxylic acids is 1. The normalized spacial score (nSPS) is 10.5. The third-order valence-electron chi connectivity index (χ3n) is 3.62. The molecule has 0 aliphatic rings. The van der Waals surface area contributed by atoms with E-state index in [9.17, 15) is 9.90 Å². The molecule has 0 saturated heterocycles. The van der Waals surface area contributed by atoms with Gasteiger partial charge in [-0.2, -0.15) is 0 Å². The zero-order valence-corrected chi connectivity index (χ0v) is 13.4. The summed E-state index contributed by atoms with van der Waals surface area (Å²) in [5.41, 5.74) is 8.32. The van der Waals surface area contributed by atoms with Gasteiger partial charge in [-0.25, -0.2) is 4.79 Å². The molecule has 0 bridgehead atoms. The standard InChI is InChI=1S/C18H15ClN2O3/c19-15-9-17(21-10-11-4-3-7-24-11)14(18(22)23)8-13(15)12-5-1-2-6-16(12)20/h1-9,21H,10,20H2,(H,22,23). The molecule has 0 saturated carbocycles. The van der Waals surface area contributed by atoms with Crippen LogP contribution < -0.4 is 11.1 Å². The highest BCUT2D eigenvalue weighted by Crippen LogP contribution is 2.36. The minimum Gasteiger partial charge on any atom is -0.478 e. The van der Waals surface area contributed by atoms with Crippen molar-refractivity contribution in [3.8, 4) is 11.1 Å². The van der Waals surface area contributed by atoms with Gasteiger partial charge in [0.05, 0.1) is 29.1 Å². The second-order valence-corrected chi connectivity index (χ2v) is 5.61. The summed E-state index contributed by atoms with van der Waals surface area (Å²) in [5, 5.41) is 13.0. The molecule has 24 heavy (non-hydrogen) atoms. The number of hydrogen-bond donors (Lipinski definition) is 3. The highest BCUT2D eigenvalue weighted by atomic mass is 35.5. The van der Waals surface area contributed by atoms with E-state index in [-0.39, 0.29) is 5.56 Å². The minimum atomic E-state index is -1.05. The number of nitrogens with one attached hydrogen (secondary N) is 1. The largest absolute Gasteiger partial charge is 0.478 e. The molecule has 0 unspecified atom stereocenters. The fourth-order valence-corrected chi connectivity index (χ4v) is 2.71. The fourth-order valence-electron chi connectivity index (χ4n) is 2.44. The molecule has 1 heterocycles. The maximum atomic E-state index is 11.6. The molecule has 0 amide bonds. The topological polar surface area (TPSA) is 88.5 Å². The van der Waals surface area contributed by atoms with Gasteiger partial charge < -0.3 is 20.6 Å². The first-order valence-corrected chi connectivity index (χ1v) is 7.62. The summed E-state index contributed by atoms with van der Waals surface area (Å²) in [6, 6.07) is 13.9. The number of halogens is 1. The lowest BCUT2D eigenvalue weighted by atomic mass is 10.00.